The van der Waals surface area contributed by atoms with E-state index in [0.717, 1.165) is 15.0 Å². The number of hydrogen-bond acceptors (Lipinski definition) is 8. The predicted octanol–water partition coefficient (Wildman–Crippen LogP) is 1.40. The van der Waals surface area contributed by atoms with Gasteiger partial charge in [-0.2, -0.15) is 0 Å². The highest BCUT2D eigenvalue weighted by Crippen LogP contribution is 2.30. The molecule has 0 bridgehead atoms. The van der Waals surface area contributed by atoms with Gasteiger partial charge < -0.3 is 9.32 Å². The number of rotatable bonds is 5. The van der Waals surface area contributed by atoms with E-state index in [2.05, 4.69) is 15.6 Å². The Labute approximate surface area is 124 Å². The highest BCUT2D eigenvalue weighted by atomic mass is 32.2. The van der Waals surface area contributed by atoms with Crippen LogP contribution in [0, 0.1) is 6.92 Å². The maximum absolute atomic E-state index is 11.4. The molecule has 0 spiro atoms. The van der Waals surface area contributed by atoms with E-state index in [4.69, 9.17) is 10.3 Å². The Hall–Kier alpha value is -1.58. The molecule has 0 aliphatic carbocycles. The van der Waals surface area contributed by atoms with Crippen molar-refractivity contribution >= 4 is 34.1 Å². The minimum Gasteiger partial charge on any atom is -0.455 e. The van der Waals surface area contributed by atoms with Gasteiger partial charge in [0.05, 0.1) is 5.75 Å². The number of carbonyl (C=O) groups is 1. The monoisotopic (exact) mass is 313 g/mol. The smallest absolute Gasteiger partial charge is 0.301 e. The zero-order valence-corrected chi connectivity index (χ0v) is 13.0. The van der Waals surface area contributed by atoms with Gasteiger partial charge in [0.25, 0.3) is 0 Å². The molecule has 0 saturated carbocycles. The Morgan fingerprint density at radius 1 is 1.55 bits per heavy atom. The molecule has 0 fully saturated rings. The molecule has 3 N–H and O–H groups in total. The molecule has 2 aromatic heterocycles. The van der Waals surface area contributed by atoms with E-state index in [-0.39, 0.29) is 5.76 Å². The predicted molar refractivity (Wildman–Crippen MR) is 78.9 cm³/mol. The first-order valence-electron chi connectivity index (χ1n) is 5.75. The lowest BCUT2D eigenvalue weighted by atomic mass is 10.2. The molecule has 2 aromatic rings. The zero-order valence-electron chi connectivity index (χ0n) is 11.3. The summed E-state index contributed by atoms with van der Waals surface area (Å²) in [6.45, 7) is 1.80. The van der Waals surface area contributed by atoms with Crippen molar-refractivity contribution in [3.63, 3.8) is 0 Å². The second kappa shape index (κ2) is 6.25. The first kappa shape index (κ1) is 14.8. The van der Waals surface area contributed by atoms with E-state index in [1.165, 1.54) is 23.1 Å². The average Bonchev–Trinajstić information content (AvgIpc) is 3.02. The van der Waals surface area contributed by atoms with Crippen LogP contribution in [0.15, 0.2) is 14.8 Å². The Kier molecular flexibility index (Phi) is 4.63. The van der Waals surface area contributed by atoms with Gasteiger partial charge in [0.1, 0.15) is 5.76 Å². The number of amides is 1. The third-order valence-corrected chi connectivity index (χ3v) is 4.67. The van der Waals surface area contributed by atoms with Gasteiger partial charge >= 0.3 is 5.91 Å². The van der Waals surface area contributed by atoms with Crippen molar-refractivity contribution in [3.05, 3.63) is 23.2 Å². The summed E-state index contributed by atoms with van der Waals surface area (Å²) in [5.74, 6) is 6.20. The second-order valence-corrected chi connectivity index (χ2v) is 6.41. The standard InChI is InChI=1S/C11H15N5O2S2/c1-6-4-7(18-8(6)9(17)13-12)5-19-11-15-14-10(20-11)16(2)3/h4H,5,12H2,1-3H3,(H,13,17). The number of aromatic nitrogens is 2. The number of hydrogen-bond donors (Lipinski definition) is 2. The summed E-state index contributed by atoms with van der Waals surface area (Å²) in [6, 6.07) is 1.82. The van der Waals surface area contributed by atoms with Crippen molar-refractivity contribution < 1.29 is 9.21 Å². The number of hydrazine groups is 1. The molecule has 2 rings (SSSR count). The highest BCUT2D eigenvalue weighted by molar-refractivity contribution is 8.00. The van der Waals surface area contributed by atoms with Crippen molar-refractivity contribution in [2.75, 3.05) is 19.0 Å². The Morgan fingerprint density at radius 3 is 2.90 bits per heavy atom. The molecule has 0 radical (unpaired) electrons. The molecular formula is C11H15N5O2S2. The number of aryl methyl sites for hydroxylation is 1. The zero-order chi connectivity index (χ0) is 14.7. The summed E-state index contributed by atoms with van der Waals surface area (Å²) in [7, 11) is 3.84. The van der Waals surface area contributed by atoms with E-state index in [1.807, 2.05) is 25.1 Å². The summed E-state index contributed by atoms with van der Waals surface area (Å²) in [5.41, 5.74) is 2.82. The molecule has 0 saturated heterocycles. The van der Waals surface area contributed by atoms with Gasteiger partial charge in [0, 0.05) is 19.7 Å². The molecule has 2 heterocycles. The largest absolute Gasteiger partial charge is 0.455 e. The topological polar surface area (TPSA) is 97.3 Å². The van der Waals surface area contributed by atoms with Gasteiger partial charge in [-0.3, -0.25) is 10.2 Å². The van der Waals surface area contributed by atoms with Crippen molar-refractivity contribution in [2.45, 2.75) is 17.0 Å². The van der Waals surface area contributed by atoms with E-state index >= 15 is 0 Å². The number of nitrogens with one attached hydrogen (secondary N) is 1. The van der Waals surface area contributed by atoms with Crippen LogP contribution in [0.2, 0.25) is 0 Å². The van der Waals surface area contributed by atoms with Crippen LogP contribution in [0.4, 0.5) is 5.13 Å². The normalized spacial score (nSPS) is 10.6. The Bertz CT molecular complexity index is 608. The number of thioether (sulfide) groups is 1. The Balaban J connectivity index is 2.01. The first-order valence-corrected chi connectivity index (χ1v) is 7.55. The maximum atomic E-state index is 11.4. The molecule has 0 atom stereocenters. The number of anilines is 1. The van der Waals surface area contributed by atoms with Crippen molar-refractivity contribution in [1.29, 1.82) is 0 Å². The summed E-state index contributed by atoms with van der Waals surface area (Å²) < 4.78 is 6.33. The van der Waals surface area contributed by atoms with Crippen LogP contribution in [-0.2, 0) is 5.75 Å². The molecule has 1 amide bonds. The van der Waals surface area contributed by atoms with Gasteiger partial charge in [0.2, 0.25) is 5.13 Å². The van der Waals surface area contributed by atoms with Gasteiger partial charge in [-0.05, 0) is 13.0 Å². The third-order valence-electron chi connectivity index (χ3n) is 2.42. The third kappa shape index (κ3) is 3.30. The molecule has 0 aliphatic heterocycles. The molecule has 0 aromatic carbocycles. The van der Waals surface area contributed by atoms with Gasteiger partial charge in [-0.1, -0.05) is 23.1 Å². The summed E-state index contributed by atoms with van der Waals surface area (Å²) >= 11 is 3.02. The number of carbonyl (C=O) groups excluding carboxylic acids is 1. The highest BCUT2D eigenvalue weighted by Gasteiger charge is 2.15. The van der Waals surface area contributed by atoms with Gasteiger partial charge in [-0.15, -0.1) is 10.2 Å². The van der Waals surface area contributed by atoms with Gasteiger partial charge in [-0.25, -0.2) is 5.84 Å². The molecule has 7 nitrogen and oxygen atoms in total. The molecular weight excluding hydrogens is 298 g/mol. The second-order valence-electron chi connectivity index (χ2n) is 4.23. The number of nitrogens with two attached hydrogens (primary N) is 1. The van der Waals surface area contributed by atoms with Crippen LogP contribution in [0.5, 0.6) is 0 Å². The van der Waals surface area contributed by atoms with Gasteiger partial charge in [0.15, 0.2) is 10.1 Å². The minimum absolute atomic E-state index is 0.245. The van der Waals surface area contributed by atoms with Crippen LogP contribution in [0.25, 0.3) is 0 Å². The van der Waals surface area contributed by atoms with Crippen LogP contribution < -0.4 is 16.2 Å². The number of nitrogens with zero attached hydrogens (tertiary/aromatic N) is 3. The maximum Gasteiger partial charge on any atom is 0.301 e. The molecule has 20 heavy (non-hydrogen) atoms. The SMILES string of the molecule is Cc1cc(CSc2nnc(N(C)C)s2)oc1C(=O)NN. The van der Waals surface area contributed by atoms with Crippen LogP contribution in [0.1, 0.15) is 21.9 Å². The molecule has 9 heteroatoms. The van der Waals surface area contributed by atoms with E-state index in [0.29, 0.717) is 11.5 Å². The summed E-state index contributed by atoms with van der Waals surface area (Å²) in [4.78, 5) is 13.3. The summed E-state index contributed by atoms with van der Waals surface area (Å²) in [5, 5.41) is 8.99. The van der Waals surface area contributed by atoms with Crippen molar-refractivity contribution in [1.82, 2.24) is 15.6 Å². The van der Waals surface area contributed by atoms with E-state index in [1.54, 1.807) is 6.92 Å². The first-order chi connectivity index (χ1) is 9.51. The lowest BCUT2D eigenvalue weighted by Crippen LogP contribution is -2.30. The minimum atomic E-state index is -0.426. The average molecular weight is 313 g/mol. The summed E-state index contributed by atoms with van der Waals surface area (Å²) in [6.07, 6.45) is 0. The fourth-order valence-electron chi connectivity index (χ4n) is 1.48. The Morgan fingerprint density at radius 2 is 2.30 bits per heavy atom. The van der Waals surface area contributed by atoms with Crippen molar-refractivity contribution in [2.24, 2.45) is 5.84 Å². The van der Waals surface area contributed by atoms with E-state index < -0.39 is 5.91 Å². The molecule has 0 unspecified atom stereocenters. The van der Waals surface area contributed by atoms with E-state index in [9.17, 15) is 4.79 Å². The van der Waals surface area contributed by atoms with Crippen LogP contribution in [-0.4, -0.2) is 30.2 Å². The fraction of sp³-hybridized carbons (Fsp3) is 0.364. The van der Waals surface area contributed by atoms with Crippen LogP contribution >= 0.6 is 23.1 Å². The number of furan rings is 1. The fourth-order valence-corrected chi connectivity index (χ4v) is 3.13. The lowest BCUT2D eigenvalue weighted by molar-refractivity contribution is 0.0923. The lowest BCUT2D eigenvalue weighted by Gasteiger charge is -2.03. The van der Waals surface area contributed by atoms with Crippen LogP contribution in [0.3, 0.4) is 0 Å². The quantitative estimate of drug-likeness (QED) is 0.373. The molecule has 0 aliphatic rings. The van der Waals surface area contributed by atoms with Crippen molar-refractivity contribution in [3.8, 4) is 0 Å². The number of nitrogen functional groups attached to an aromatic ring is 1. The molecule has 108 valence electrons.